The maximum atomic E-state index is 11.5. The smallest absolute Gasteiger partial charge is 0.318 e. The molecule has 0 radical (unpaired) electrons. The zero-order valence-corrected chi connectivity index (χ0v) is 10.9. The first-order chi connectivity index (χ1) is 7.90. The normalized spacial score (nSPS) is 11.9. The Bertz CT molecular complexity index is 446. The molecule has 3 amide bonds. The summed E-state index contributed by atoms with van der Waals surface area (Å²) in [6.07, 6.45) is 0. The topological polar surface area (TPSA) is 72.2 Å². The van der Waals surface area contributed by atoms with E-state index in [1.807, 2.05) is 26.0 Å². The van der Waals surface area contributed by atoms with Crippen LogP contribution in [-0.4, -0.2) is 17.2 Å². The fourth-order valence-electron chi connectivity index (χ4n) is 1.40. The van der Waals surface area contributed by atoms with Crippen molar-refractivity contribution in [1.82, 2.24) is 5.32 Å². The van der Waals surface area contributed by atoms with Crippen LogP contribution in [0.1, 0.15) is 18.1 Å². The number of imide groups is 1. The van der Waals surface area contributed by atoms with E-state index in [1.54, 1.807) is 6.92 Å². The van der Waals surface area contributed by atoms with Crippen LogP contribution in [0.4, 0.5) is 4.79 Å². The number of nitrogens with two attached hydrogens (primary N) is 1. The van der Waals surface area contributed by atoms with E-state index in [9.17, 15) is 9.59 Å². The molecule has 3 N–H and O–H groups in total. The molecule has 4 nitrogen and oxygen atoms in total. The van der Waals surface area contributed by atoms with Crippen LogP contribution >= 0.6 is 11.8 Å². The summed E-state index contributed by atoms with van der Waals surface area (Å²) in [4.78, 5) is 23.1. The highest BCUT2D eigenvalue weighted by atomic mass is 32.2. The molecule has 17 heavy (non-hydrogen) atoms. The van der Waals surface area contributed by atoms with Gasteiger partial charge < -0.3 is 5.73 Å². The van der Waals surface area contributed by atoms with E-state index in [2.05, 4.69) is 11.4 Å². The van der Waals surface area contributed by atoms with Crippen LogP contribution in [0, 0.1) is 13.8 Å². The second-order valence-corrected chi connectivity index (χ2v) is 5.27. The van der Waals surface area contributed by atoms with E-state index >= 15 is 0 Å². The van der Waals surface area contributed by atoms with Gasteiger partial charge >= 0.3 is 6.03 Å². The lowest BCUT2D eigenvalue weighted by molar-refractivity contribution is -0.119. The third-order valence-electron chi connectivity index (χ3n) is 2.25. The van der Waals surface area contributed by atoms with Crippen molar-refractivity contribution in [2.75, 3.05) is 0 Å². The summed E-state index contributed by atoms with van der Waals surface area (Å²) >= 11 is 1.41. The minimum atomic E-state index is -0.817. The molecule has 1 rings (SSSR count). The second kappa shape index (κ2) is 5.72. The fourth-order valence-corrected chi connectivity index (χ4v) is 2.34. The van der Waals surface area contributed by atoms with Crippen molar-refractivity contribution >= 4 is 23.7 Å². The highest BCUT2D eigenvalue weighted by Crippen LogP contribution is 2.27. The third kappa shape index (κ3) is 4.11. The molecule has 92 valence electrons. The van der Waals surface area contributed by atoms with Crippen LogP contribution in [0.5, 0.6) is 0 Å². The van der Waals surface area contributed by atoms with Gasteiger partial charge in [-0.25, -0.2) is 4.79 Å². The molecule has 0 unspecified atom stereocenters. The molecular formula is C12H16N2O2S. The summed E-state index contributed by atoms with van der Waals surface area (Å²) in [5.41, 5.74) is 7.19. The molecule has 0 spiro atoms. The van der Waals surface area contributed by atoms with E-state index in [0.29, 0.717) is 0 Å². The summed E-state index contributed by atoms with van der Waals surface area (Å²) in [6, 6.07) is 5.21. The van der Waals surface area contributed by atoms with Crippen LogP contribution in [-0.2, 0) is 4.79 Å². The molecule has 5 heteroatoms. The highest BCUT2D eigenvalue weighted by molar-refractivity contribution is 8.00. The number of hydrogen-bond acceptors (Lipinski definition) is 3. The molecule has 1 aromatic carbocycles. The number of nitrogens with one attached hydrogen (secondary N) is 1. The molecule has 0 aliphatic heterocycles. The predicted octanol–water partition coefficient (Wildman–Crippen LogP) is 1.98. The standard InChI is InChI=1S/C12H16N2O2S/c1-7-4-5-10(8(2)6-7)17-9(3)11(15)14-12(13)16/h4-6,9H,1-3H3,(H3,13,14,15,16)/t9-/m1/s1. The largest absolute Gasteiger partial charge is 0.351 e. The van der Waals surface area contributed by atoms with Gasteiger partial charge in [0.1, 0.15) is 0 Å². The lowest BCUT2D eigenvalue weighted by atomic mass is 10.2. The van der Waals surface area contributed by atoms with Crippen LogP contribution in [0.15, 0.2) is 23.1 Å². The van der Waals surface area contributed by atoms with Crippen molar-refractivity contribution in [2.45, 2.75) is 30.9 Å². The number of primary amides is 1. The predicted molar refractivity (Wildman–Crippen MR) is 69.0 cm³/mol. The van der Waals surface area contributed by atoms with Gasteiger partial charge in [0.15, 0.2) is 0 Å². The lowest BCUT2D eigenvalue weighted by Crippen LogP contribution is -2.39. The monoisotopic (exact) mass is 252 g/mol. The summed E-state index contributed by atoms with van der Waals surface area (Å²) in [6.45, 7) is 5.75. The first-order valence-electron chi connectivity index (χ1n) is 5.24. The molecule has 0 aromatic heterocycles. The average molecular weight is 252 g/mol. The van der Waals surface area contributed by atoms with Crippen molar-refractivity contribution in [3.63, 3.8) is 0 Å². The number of carbonyl (C=O) groups excluding carboxylic acids is 2. The Morgan fingerprint density at radius 3 is 2.53 bits per heavy atom. The Hall–Kier alpha value is -1.49. The van der Waals surface area contributed by atoms with Crippen molar-refractivity contribution < 1.29 is 9.59 Å². The van der Waals surface area contributed by atoms with Gasteiger partial charge in [-0.3, -0.25) is 10.1 Å². The van der Waals surface area contributed by atoms with E-state index < -0.39 is 6.03 Å². The van der Waals surface area contributed by atoms with Gasteiger partial charge in [0.2, 0.25) is 5.91 Å². The number of thioether (sulfide) groups is 1. The number of aryl methyl sites for hydroxylation is 2. The first-order valence-corrected chi connectivity index (χ1v) is 6.12. The van der Waals surface area contributed by atoms with Crippen LogP contribution in [0.3, 0.4) is 0 Å². The molecule has 0 aliphatic carbocycles. The summed E-state index contributed by atoms with van der Waals surface area (Å²) in [7, 11) is 0. The van der Waals surface area contributed by atoms with Crippen molar-refractivity contribution in [2.24, 2.45) is 5.73 Å². The second-order valence-electron chi connectivity index (χ2n) is 3.88. The average Bonchev–Trinajstić information content (AvgIpc) is 2.21. The van der Waals surface area contributed by atoms with Gasteiger partial charge in [-0.15, -0.1) is 11.8 Å². The van der Waals surface area contributed by atoms with E-state index in [4.69, 9.17) is 5.73 Å². The van der Waals surface area contributed by atoms with Gasteiger partial charge in [0, 0.05) is 4.90 Å². The molecular weight excluding hydrogens is 236 g/mol. The van der Waals surface area contributed by atoms with Gasteiger partial charge in [-0.05, 0) is 32.4 Å². The number of benzene rings is 1. The Balaban J connectivity index is 2.70. The maximum absolute atomic E-state index is 11.5. The van der Waals surface area contributed by atoms with Crippen molar-refractivity contribution in [3.8, 4) is 0 Å². The minimum absolute atomic E-state index is 0.357. The summed E-state index contributed by atoms with van der Waals surface area (Å²) in [5.74, 6) is -0.373. The summed E-state index contributed by atoms with van der Waals surface area (Å²) < 4.78 is 0. The maximum Gasteiger partial charge on any atom is 0.318 e. The Labute approximate surface area is 105 Å². The number of rotatable bonds is 3. The quantitative estimate of drug-likeness (QED) is 0.808. The van der Waals surface area contributed by atoms with Crippen LogP contribution < -0.4 is 11.1 Å². The molecule has 1 atom stereocenters. The molecule has 1 aromatic rings. The first kappa shape index (κ1) is 13.6. The van der Waals surface area contributed by atoms with Gasteiger partial charge in [0.25, 0.3) is 0 Å². The van der Waals surface area contributed by atoms with E-state index in [-0.39, 0.29) is 11.2 Å². The van der Waals surface area contributed by atoms with Crippen molar-refractivity contribution in [3.05, 3.63) is 29.3 Å². The zero-order chi connectivity index (χ0) is 13.0. The highest BCUT2D eigenvalue weighted by Gasteiger charge is 2.16. The van der Waals surface area contributed by atoms with E-state index in [1.165, 1.54) is 17.3 Å². The van der Waals surface area contributed by atoms with E-state index in [0.717, 1.165) is 10.5 Å². The minimum Gasteiger partial charge on any atom is -0.351 e. The number of urea groups is 1. The third-order valence-corrected chi connectivity index (χ3v) is 3.53. The summed E-state index contributed by atoms with van der Waals surface area (Å²) in [5, 5.41) is 1.72. The molecule has 0 saturated heterocycles. The number of hydrogen-bond donors (Lipinski definition) is 2. The fraction of sp³-hybridized carbons (Fsp3) is 0.333. The lowest BCUT2D eigenvalue weighted by Gasteiger charge is -2.12. The van der Waals surface area contributed by atoms with Crippen LogP contribution in [0.2, 0.25) is 0 Å². The Morgan fingerprint density at radius 2 is 2.00 bits per heavy atom. The zero-order valence-electron chi connectivity index (χ0n) is 10.1. The molecule has 0 fully saturated rings. The van der Waals surface area contributed by atoms with Gasteiger partial charge in [0.05, 0.1) is 5.25 Å². The molecule has 0 saturated carbocycles. The molecule has 0 heterocycles. The van der Waals surface area contributed by atoms with Crippen molar-refractivity contribution in [1.29, 1.82) is 0 Å². The SMILES string of the molecule is Cc1ccc(S[C@H](C)C(=O)NC(N)=O)c(C)c1. The Morgan fingerprint density at radius 1 is 1.35 bits per heavy atom. The molecule has 0 aliphatic rings. The number of amides is 3. The number of carbonyl (C=O) groups is 2. The molecule has 0 bridgehead atoms. The van der Waals surface area contributed by atoms with Crippen LogP contribution in [0.25, 0.3) is 0 Å². The van der Waals surface area contributed by atoms with Gasteiger partial charge in [-0.1, -0.05) is 17.7 Å². The Kier molecular flexibility index (Phi) is 4.57. The van der Waals surface area contributed by atoms with Gasteiger partial charge in [-0.2, -0.15) is 0 Å².